The minimum absolute atomic E-state index is 0.172. The summed E-state index contributed by atoms with van der Waals surface area (Å²) in [5.41, 5.74) is 0. The van der Waals surface area contributed by atoms with Gasteiger partial charge in [-0.25, -0.2) is 9.97 Å². The monoisotopic (exact) mass is 251 g/mol. The molecule has 2 aromatic heterocycles. The molecule has 17 heavy (non-hydrogen) atoms. The second kappa shape index (κ2) is 5.05. The van der Waals surface area contributed by atoms with Gasteiger partial charge in [-0.1, -0.05) is 13.8 Å². The zero-order valence-electron chi connectivity index (χ0n) is 9.60. The van der Waals surface area contributed by atoms with Crippen molar-refractivity contribution in [3.8, 4) is 0 Å². The van der Waals surface area contributed by atoms with Crippen molar-refractivity contribution in [1.29, 1.82) is 0 Å². The first-order valence-electron chi connectivity index (χ1n) is 5.25. The molecule has 0 saturated heterocycles. The molecule has 2 N–H and O–H groups in total. The number of hydrogen-bond donors (Lipinski definition) is 2. The van der Waals surface area contributed by atoms with Crippen molar-refractivity contribution in [1.82, 2.24) is 25.5 Å². The zero-order chi connectivity index (χ0) is 12.3. The number of aromatic nitrogens is 4. The van der Waals surface area contributed by atoms with Crippen LogP contribution in [0.3, 0.4) is 0 Å². The molecule has 0 fully saturated rings. The van der Waals surface area contributed by atoms with Crippen LogP contribution in [0.2, 0.25) is 0 Å². The Morgan fingerprint density at radius 3 is 3.00 bits per heavy atom. The summed E-state index contributed by atoms with van der Waals surface area (Å²) in [5.74, 6) is 0.820. The molecule has 0 aromatic carbocycles. The van der Waals surface area contributed by atoms with E-state index >= 15 is 0 Å². The summed E-state index contributed by atoms with van der Waals surface area (Å²) < 4.78 is 0. The van der Waals surface area contributed by atoms with Crippen LogP contribution in [-0.2, 0) is 6.54 Å². The molecule has 0 bridgehead atoms. The van der Waals surface area contributed by atoms with Gasteiger partial charge in [-0.2, -0.15) is 0 Å². The Labute approximate surface area is 103 Å². The summed E-state index contributed by atoms with van der Waals surface area (Å²) in [6.45, 7) is 4.37. The predicted octanol–water partition coefficient (Wildman–Crippen LogP) is 1.31. The average Bonchev–Trinajstić information content (AvgIpc) is 2.96. The smallest absolute Gasteiger partial charge is 0.291 e. The topological polar surface area (TPSA) is 83.6 Å². The second-order valence-electron chi connectivity index (χ2n) is 3.81. The molecule has 2 rings (SSSR count). The van der Waals surface area contributed by atoms with Gasteiger partial charge in [-0.3, -0.25) is 9.89 Å². The first-order chi connectivity index (χ1) is 8.16. The maximum atomic E-state index is 11.7. The number of amides is 1. The Morgan fingerprint density at radius 2 is 2.41 bits per heavy atom. The van der Waals surface area contributed by atoms with E-state index < -0.39 is 0 Å². The molecule has 0 unspecified atom stereocenters. The molecular formula is C10H13N5OS. The Hall–Kier alpha value is -1.76. The van der Waals surface area contributed by atoms with Gasteiger partial charge >= 0.3 is 0 Å². The minimum atomic E-state index is -0.289. The highest BCUT2D eigenvalue weighted by atomic mass is 32.1. The Kier molecular flexibility index (Phi) is 3.48. The fourth-order valence-corrected chi connectivity index (χ4v) is 1.77. The summed E-state index contributed by atoms with van der Waals surface area (Å²) in [5, 5.41) is 12.1. The number of carbonyl (C=O) groups excluding carboxylic acids is 1. The Morgan fingerprint density at radius 1 is 1.59 bits per heavy atom. The second-order valence-corrected chi connectivity index (χ2v) is 4.79. The molecule has 0 aliphatic carbocycles. The lowest BCUT2D eigenvalue weighted by atomic mass is 10.2. The van der Waals surface area contributed by atoms with Gasteiger partial charge in [0, 0.05) is 17.5 Å². The van der Waals surface area contributed by atoms with E-state index in [0.717, 1.165) is 5.01 Å². The molecular weight excluding hydrogens is 238 g/mol. The van der Waals surface area contributed by atoms with Gasteiger partial charge in [0.2, 0.25) is 5.82 Å². The normalized spacial score (nSPS) is 10.8. The van der Waals surface area contributed by atoms with E-state index in [4.69, 9.17) is 0 Å². The molecule has 0 atom stereocenters. The van der Waals surface area contributed by atoms with E-state index in [1.807, 2.05) is 19.2 Å². The van der Waals surface area contributed by atoms with Crippen LogP contribution in [0, 0.1) is 0 Å². The van der Waals surface area contributed by atoms with Crippen LogP contribution in [0.25, 0.3) is 0 Å². The van der Waals surface area contributed by atoms with Crippen molar-refractivity contribution in [2.75, 3.05) is 0 Å². The largest absolute Gasteiger partial charge is 0.343 e. The lowest BCUT2D eigenvalue weighted by molar-refractivity contribution is 0.0941. The number of aromatic amines is 1. The highest BCUT2D eigenvalue weighted by molar-refractivity contribution is 7.09. The van der Waals surface area contributed by atoms with E-state index in [1.54, 1.807) is 6.20 Å². The maximum absolute atomic E-state index is 11.7. The number of hydrogen-bond acceptors (Lipinski definition) is 5. The van der Waals surface area contributed by atoms with Gasteiger partial charge in [0.25, 0.3) is 5.91 Å². The first kappa shape index (κ1) is 11.7. The van der Waals surface area contributed by atoms with Crippen molar-refractivity contribution in [3.63, 3.8) is 0 Å². The van der Waals surface area contributed by atoms with Crippen LogP contribution in [0.5, 0.6) is 0 Å². The van der Waals surface area contributed by atoms with Crippen LogP contribution >= 0.6 is 11.3 Å². The van der Waals surface area contributed by atoms with Gasteiger partial charge < -0.3 is 5.32 Å². The van der Waals surface area contributed by atoms with E-state index in [1.165, 1.54) is 11.3 Å². The van der Waals surface area contributed by atoms with Crippen molar-refractivity contribution in [2.45, 2.75) is 26.3 Å². The molecule has 1 amide bonds. The SMILES string of the molecule is CC(C)c1nc(C(=O)NCc2nccs2)n[nH]1. The summed E-state index contributed by atoms with van der Waals surface area (Å²) in [6, 6.07) is 0. The van der Waals surface area contributed by atoms with Gasteiger partial charge in [0.15, 0.2) is 0 Å². The van der Waals surface area contributed by atoms with E-state index in [-0.39, 0.29) is 17.6 Å². The highest BCUT2D eigenvalue weighted by Gasteiger charge is 2.13. The number of nitrogens with one attached hydrogen (secondary N) is 2. The number of H-pyrrole nitrogens is 1. The molecule has 90 valence electrons. The van der Waals surface area contributed by atoms with Crippen molar-refractivity contribution in [3.05, 3.63) is 28.2 Å². The average molecular weight is 251 g/mol. The Bertz CT molecular complexity index is 491. The predicted molar refractivity (Wildman–Crippen MR) is 63.8 cm³/mol. The fourth-order valence-electron chi connectivity index (χ4n) is 1.21. The zero-order valence-corrected chi connectivity index (χ0v) is 10.4. The summed E-state index contributed by atoms with van der Waals surface area (Å²) in [6.07, 6.45) is 1.70. The molecule has 2 aromatic rings. The third-order valence-electron chi connectivity index (χ3n) is 2.14. The minimum Gasteiger partial charge on any atom is -0.343 e. The van der Waals surface area contributed by atoms with Crippen LogP contribution in [0.15, 0.2) is 11.6 Å². The lowest BCUT2D eigenvalue weighted by Crippen LogP contribution is -2.24. The fraction of sp³-hybridized carbons (Fsp3) is 0.400. The molecule has 0 saturated carbocycles. The van der Waals surface area contributed by atoms with E-state index in [9.17, 15) is 4.79 Å². The number of thiazole rings is 1. The first-order valence-corrected chi connectivity index (χ1v) is 6.13. The maximum Gasteiger partial charge on any atom is 0.291 e. The standard InChI is InChI=1S/C10H13N5OS/c1-6(2)8-13-9(15-14-8)10(16)12-5-7-11-3-4-17-7/h3-4,6H,5H2,1-2H3,(H,12,16)(H,13,14,15). The van der Waals surface area contributed by atoms with Crippen LogP contribution in [0.1, 0.15) is 41.2 Å². The van der Waals surface area contributed by atoms with Crippen molar-refractivity contribution < 1.29 is 4.79 Å². The summed E-state index contributed by atoms with van der Waals surface area (Å²) in [4.78, 5) is 19.9. The number of rotatable bonds is 4. The third kappa shape index (κ3) is 2.88. The van der Waals surface area contributed by atoms with Crippen molar-refractivity contribution in [2.24, 2.45) is 0 Å². The van der Waals surface area contributed by atoms with Gasteiger partial charge in [-0.05, 0) is 0 Å². The van der Waals surface area contributed by atoms with Crippen LogP contribution < -0.4 is 5.32 Å². The summed E-state index contributed by atoms with van der Waals surface area (Å²) >= 11 is 1.50. The van der Waals surface area contributed by atoms with E-state index in [2.05, 4.69) is 25.5 Å². The quantitative estimate of drug-likeness (QED) is 0.858. The van der Waals surface area contributed by atoms with Crippen LogP contribution in [-0.4, -0.2) is 26.1 Å². The molecule has 6 nitrogen and oxygen atoms in total. The molecule has 0 aliphatic rings. The number of nitrogens with zero attached hydrogens (tertiary/aromatic N) is 3. The summed E-state index contributed by atoms with van der Waals surface area (Å²) in [7, 11) is 0. The van der Waals surface area contributed by atoms with Gasteiger partial charge in [-0.15, -0.1) is 16.4 Å². The van der Waals surface area contributed by atoms with Gasteiger partial charge in [0.05, 0.1) is 6.54 Å². The van der Waals surface area contributed by atoms with Gasteiger partial charge in [0.1, 0.15) is 10.8 Å². The number of carbonyl (C=O) groups is 1. The highest BCUT2D eigenvalue weighted by Crippen LogP contribution is 2.08. The molecule has 0 aliphatic heterocycles. The third-order valence-corrected chi connectivity index (χ3v) is 2.92. The molecule has 2 heterocycles. The van der Waals surface area contributed by atoms with E-state index in [0.29, 0.717) is 12.4 Å². The Balaban J connectivity index is 1.95. The van der Waals surface area contributed by atoms with Crippen LogP contribution in [0.4, 0.5) is 0 Å². The van der Waals surface area contributed by atoms with Crippen molar-refractivity contribution >= 4 is 17.2 Å². The molecule has 0 spiro atoms. The molecule has 7 heteroatoms. The lowest BCUT2D eigenvalue weighted by Gasteiger charge is -1.98. The molecule has 0 radical (unpaired) electrons.